The smallest absolute Gasteiger partial charge is 0.226 e. The molecule has 1 aliphatic heterocycles. The molecule has 1 saturated heterocycles. The summed E-state index contributed by atoms with van der Waals surface area (Å²) in [7, 11) is 0. The summed E-state index contributed by atoms with van der Waals surface area (Å²) in [5.74, 6) is 0.958. The molecule has 1 aromatic rings. The normalized spacial score (nSPS) is 18.1. The summed E-state index contributed by atoms with van der Waals surface area (Å²) in [5, 5.41) is 3.37. The molecule has 20 heavy (non-hydrogen) atoms. The Balaban J connectivity index is 1.92. The highest BCUT2D eigenvalue weighted by atomic mass is 16.2. The number of anilines is 1. The Morgan fingerprint density at radius 1 is 1.35 bits per heavy atom. The van der Waals surface area contributed by atoms with Gasteiger partial charge in [-0.2, -0.15) is 0 Å². The predicted octanol–water partition coefficient (Wildman–Crippen LogP) is 3.21. The highest BCUT2D eigenvalue weighted by Crippen LogP contribution is 2.19. The zero-order chi connectivity index (χ0) is 14.2. The molecule has 0 spiro atoms. The van der Waals surface area contributed by atoms with Crippen LogP contribution in [0.25, 0.3) is 0 Å². The third-order valence-electron chi connectivity index (χ3n) is 4.03. The van der Waals surface area contributed by atoms with E-state index in [0.717, 1.165) is 44.6 Å². The molecular formula is C17H26N2O. The van der Waals surface area contributed by atoms with E-state index in [1.807, 2.05) is 35.2 Å². The van der Waals surface area contributed by atoms with Crippen LogP contribution in [0, 0.1) is 5.92 Å². The van der Waals surface area contributed by atoms with Crippen molar-refractivity contribution in [2.45, 2.75) is 39.0 Å². The van der Waals surface area contributed by atoms with Crippen LogP contribution in [0.15, 0.2) is 30.3 Å². The number of hydrogen-bond donors (Lipinski definition) is 1. The van der Waals surface area contributed by atoms with Crippen molar-refractivity contribution in [3.8, 4) is 0 Å². The number of hydrogen-bond acceptors (Lipinski definition) is 2. The first-order valence-corrected chi connectivity index (χ1v) is 7.87. The van der Waals surface area contributed by atoms with Gasteiger partial charge in [0.15, 0.2) is 0 Å². The van der Waals surface area contributed by atoms with Crippen LogP contribution < -0.4 is 10.2 Å². The van der Waals surface area contributed by atoms with Crippen molar-refractivity contribution in [1.29, 1.82) is 0 Å². The molecule has 1 unspecified atom stereocenters. The minimum absolute atomic E-state index is 0.275. The zero-order valence-corrected chi connectivity index (χ0v) is 12.5. The SMILES string of the molecule is CCCCN(C(=O)CCC1CCNC1)c1ccccc1. The van der Waals surface area contributed by atoms with Crippen molar-refractivity contribution >= 4 is 11.6 Å². The first-order chi connectivity index (χ1) is 9.81. The number of amides is 1. The molecule has 1 N–H and O–H groups in total. The van der Waals surface area contributed by atoms with E-state index in [4.69, 9.17) is 0 Å². The largest absolute Gasteiger partial charge is 0.316 e. The number of benzene rings is 1. The lowest BCUT2D eigenvalue weighted by Crippen LogP contribution is -2.32. The van der Waals surface area contributed by atoms with Crippen molar-refractivity contribution in [1.82, 2.24) is 5.32 Å². The number of para-hydroxylation sites is 1. The number of unbranched alkanes of at least 4 members (excludes halogenated alkanes) is 1. The highest BCUT2D eigenvalue weighted by Gasteiger charge is 2.19. The van der Waals surface area contributed by atoms with E-state index in [-0.39, 0.29) is 5.91 Å². The van der Waals surface area contributed by atoms with E-state index < -0.39 is 0 Å². The molecule has 1 heterocycles. The minimum atomic E-state index is 0.275. The van der Waals surface area contributed by atoms with Gasteiger partial charge in [0.05, 0.1) is 0 Å². The topological polar surface area (TPSA) is 32.3 Å². The summed E-state index contributed by atoms with van der Waals surface area (Å²) in [6, 6.07) is 10.1. The summed E-state index contributed by atoms with van der Waals surface area (Å²) in [6.45, 7) is 5.19. The molecule has 1 fully saturated rings. The summed E-state index contributed by atoms with van der Waals surface area (Å²) in [5.41, 5.74) is 1.04. The molecule has 1 amide bonds. The predicted molar refractivity (Wildman–Crippen MR) is 83.9 cm³/mol. The second-order valence-electron chi connectivity index (χ2n) is 5.63. The lowest BCUT2D eigenvalue weighted by Gasteiger charge is -2.23. The van der Waals surface area contributed by atoms with Gasteiger partial charge < -0.3 is 10.2 Å². The van der Waals surface area contributed by atoms with Crippen molar-refractivity contribution in [2.24, 2.45) is 5.92 Å². The first kappa shape index (κ1) is 15.0. The van der Waals surface area contributed by atoms with Gasteiger partial charge in [-0.05, 0) is 50.4 Å². The number of rotatable bonds is 7. The summed E-state index contributed by atoms with van der Waals surface area (Å²) < 4.78 is 0. The van der Waals surface area contributed by atoms with Crippen LogP contribution in [0.5, 0.6) is 0 Å². The molecule has 0 bridgehead atoms. The molecule has 1 aromatic carbocycles. The molecule has 2 rings (SSSR count). The monoisotopic (exact) mass is 274 g/mol. The van der Waals surface area contributed by atoms with Crippen LogP contribution in [0.3, 0.4) is 0 Å². The Kier molecular flexibility index (Phi) is 6.06. The lowest BCUT2D eigenvalue weighted by molar-refractivity contribution is -0.118. The van der Waals surface area contributed by atoms with E-state index >= 15 is 0 Å². The van der Waals surface area contributed by atoms with Crippen molar-refractivity contribution in [2.75, 3.05) is 24.5 Å². The average Bonchev–Trinajstić information content (AvgIpc) is 3.00. The fourth-order valence-corrected chi connectivity index (χ4v) is 2.75. The van der Waals surface area contributed by atoms with Crippen LogP contribution in [0.4, 0.5) is 5.69 Å². The van der Waals surface area contributed by atoms with Gasteiger partial charge in [0.25, 0.3) is 0 Å². The van der Waals surface area contributed by atoms with Crippen LogP contribution in [-0.2, 0) is 4.79 Å². The zero-order valence-electron chi connectivity index (χ0n) is 12.5. The van der Waals surface area contributed by atoms with E-state index in [1.165, 1.54) is 6.42 Å². The Hall–Kier alpha value is -1.35. The van der Waals surface area contributed by atoms with Crippen LogP contribution in [0.2, 0.25) is 0 Å². The number of nitrogens with zero attached hydrogens (tertiary/aromatic N) is 1. The van der Waals surface area contributed by atoms with Crippen molar-refractivity contribution in [3.63, 3.8) is 0 Å². The average molecular weight is 274 g/mol. The molecule has 3 nitrogen and oxygen atoms in total. The van der Waals surface area contributed by atoms with Gasteiger partial charge in [-0.1, -0.05) is 31.5 Å². The molecular weight excluding hydrogens is 248 g/mol. The molecule has 0 aliphatic carbocycles. The molecule has 0 aromatic heterocycles. The Morgan fingerprint density at radius 3 is 2.80 bits per heavy atom. The maximum absolute atomic E-state index is 12.5. The van der Waals surface area contributed by atoms with Crippen molar-refractivity contribution < 1.29 is 4.79 Å². The van der Waals surface area contributed by atoms with E-state index in [0.29, 0.717) is 12.3 Å². The van der Waals surface area contributed by atoms with Gasteiger partial charge in [0.1, 0.15) is 0 Å². The summed E-state index contributed by atoms with van der Waals surface area (Å²) in [4.78, 5) is 14.5. The fourth-order valence-electron chi connectivity index (χ4n) is 2.75. The summed E-state index contributed by atoms with van der Waals surface area (Å²) in [6.07, 6.45) is 5.08. The maximum atomic E-state index is 12.5. The molecule has 3 heteroatoms. The molecule has 1 atom stereocenters. The van der Waals surface area contributed by atoms with Gasteiger partial charge in [-0.3, -0.25) is 4.79 Å². The third-order valence-corrected chi connectivity index (χ3v) is 4.03. The highest BCUT2D eigenvalue weighted by molar-refractivity contribution is 5.93. The number of carbonyl (C=O) groups is 1. The van der Waals surface area contributed by atoms with Gasteiger partial charge in [-0.15, -0.1) is 0 Å². The molecule has 0 saturated carbocycles. The Labute approximate surface area is 122 Å². The van der Waals surface area contributed by atoms with E-state index in [2.05, 4.69) is 12.2 Å². The second-order valence-corrected chi connectivity index (χ2v) is 5.63. The molecule has 1 aliphatic rings. The van der Waals surface area contributed by atoms with E-state index in [9.17, 15) is 4.79 Å². The number of nitrogens with one attached hydrogen (secondary N) is 1. The van der Waals surface area contributed by atoms with Crippen LogP contribution >= 0.6 is 0 Å². The molecule has 110 valence electrons. The molecule has 0 radical (unpaired) electrons. The lowest BCUT2D eigenvalue weighted by atomic mass is 10.0. The van der Waals surface area contributed by atoms with Gasteiger partial charge >= 0.3 is 0 Å². The fraction of sp³-hybridized carbons (Fsp3) is 0.588. The second kappa shape index (κ2) is 8.05. The third kappa shape index (κ3) is 4.34. The Bertz CT molecular complexity index is 399. The maximum Gasteiger partial charge on any atom is 0.226 e. The van der Waals surface area contributed by atoms with Crippen LogP contribution in [-0.4, -0.2) is 25.5 Å². The summed E-state index contributed by atoms with van der Waals surface area (Å²) >= 11 is 0. The Morgan fingerprint density at radius 2 is 2.15 bits per heavy atom. The van der Waals surface area contributed by atoms with Crippen LogP contribution in [0.1, 0.15) is 39.0 Å². The van der Waals surface area contributed by atoms with Gasteiger partial charge in [0.2, 0.25) is 5.91 Å². The van der Waals surface area contributed by atoms with Crippen molar-refractivity contribution in [3.05, 3.63) is 30.3 Å². The van der Waals surface area contributed by atoms with Gasteiger partial charge in [0, 0.05) is 18.7 Å². The first-order valence-electron chi connectivity index (χ1n) is 7.87. The van der Waals surface area contributed by atoms with E-state index in [1.54, 1.807) is 0 Å². The standard InChI is InChI=1S/C17H26N2O/c1-2-3-13-19(16-7-5-4-6-8-16)17(20)10-9-15-11-12-18-14-15/h4-8,15,18H,2-3,9-14H2,1H3. The van der Waals surface area contributed by atoms with Gasteiger partial charge in [-0.25, -0.2) is 0 Å². The minimum Gasteiger partial charge on any atom is -0.316 e. The quantitative estimate of drug-likeness (QED) is 0.828. The number of carbonyl (C=O) groups excluding carboxylic acids is 1.